The van der Waals surface area contributed by atoms with Crippen molar-refractivity contribution >= 4 is 15.9 Å². The van der Waals surface area contributed by atoms with Crippen molar-refractivity contribution in [2.75, 3.05) is 0 Å². The van der Waals surface area contributed by atoms with Crippen LogP contribution in [0.2, 0.25) is 0 Å². The topological polar surface area (TPSA) is 44.1 Å². The van der Waals surface area contributed by atoms with Crippen molar-refractivity contribution in [2.24, 2.45) is 0 Å². The van der Waals surface area contributed by atoms with Gasteiger partial charge in [0, 0.05) is 18.5 Å². The molecule has 0 fully saturated rings. The third-order valence-corrected chi connectivity index (χ3v) is 2.67. The van der Waals surface area contributed by atoms with E-state index in [4.69, 9.17) is 0 Å². The molecule has 2 aromatic rings. The van der Waals surface area contributed by atoms with E-state index in [1.165, 1.54) is 24.5 Å². The number of alkyl halides is 3. The number of hydrogen-bond donors (Lipinski definition) is 0. The number of rotatable bonds is 2. The molecule has 0 saturated carbocycles. The lowest BCUT2D eigenvalue weighted by Crippen LogP contribution is -2.20. The highest BCUT2D eigenvalue weighted by Gasteiger charge is 2.31. The van der Waals surface area contributed by atoms with Crippen molar-refractivity contribution in [1.29, 1.82) is 0 Å². The summed E-state index contributed by atoms with van der Waals surface area (Å²) in [6.07, 6.45) is -2.08. The normalized spacial score (nSPS) is 11.4. The van der Waals surface area contributed by atoms with Gasteiger partial charge in [-0.15, -0.1) is 13.2 Å². The van der Waals surface area contributed by atoms with E-state index in [-0.39, 0.29) is 10.3 Å². The molecule has 0 N–H and O–H groups in total. The summed E-state index contributed by atoms with van der Waals surface area (Å²) in [5.74, 6) is -0.398. The Balaban J connectivity index is 2.44. The van der Waals surface area contributed by atoms with Crippen LogP contribution >= 0.6 is 15.9 Å². The van der Waals surface area contributed by atoms with Crippen LogP contribution in [0, 0.1) is 0 Å². The van der Waals surface area contributed by atoms with Crippen LogP contribution in [-0.4, -0.2) is 15.9 Å². The van der Waals surface area contributed by atoms with Gasteiger partial charge in [-0.05, 0) is 28.1 Å². The van der Waals surface area contributed by atoms with Crippen molar-refractivity contribution in [2.45, 2.75) is 6.36 Å². The third kappa shape index (κ3) is 3.34. The molecule has 0 amide bonds. The van der Waals surface area contributed by atoms with Gasteiger partial charge in [0.2, 0.25) is 0 Å². The van der Waals surface area contributed by atoms with Crippen molar-refractivity contribution in [3.63, 3.8) is 0 Å². The van der Waals surface area contributed by atoms with Gasteiger partial charge in [0.25, 0.3) is 5.56 Å². The molecule has 0 aliphatic carbocycles. The van der Waals surface area contributed by atoms with Crippen molar-refractivity contribution in [3.8, 4) is 11.4 Å². The molecule has 0 aliphatic heterocycles. The van der Waals surface area contributed by atoms with E-state index in [0.717, 1.165) is 16.7 Å². The zero-order valence-electron chi connectivity index (χ0n) is 9.19. The van der Waals surface area contributed by atoms with Crippen LogP contribution in [0.5, 0.6) is 5.75 Å². The molecule has 0 radical (unpaired) electrons. The lowest BCUT2D eigenvalue weighted by Gasteiger charge is -2.11. The summed E-state index contributed by atoms with van der Waals surface area (Å²) in [7, 11) is 0. The van der Waals surface area contributed by atoms with E-state index >= 15 is 0 Å². The summed E-state index contributed by atoms with van der Waals surface area (Å²) in [6.45, 7) is 0. The van der Waals surface area contributed by atoms with Gasteiger partial charge < -0.3 is 4.74 Å². The highest BCUT2D eigenvalue weighted by Crippen LogP contribution is 2.24. The lowest BCUT2D eigenvalue weighted by molar-refractivity contribution is -0.274. The van der Waals surface area contributed by atoms with E-state index < -0.39 is 17.7 Å². The molecule has 0 aliphatic rings. The van der Waals surface area contributed by atoms with Gasteiger partial charge in [-0.2, -0.15) is 0 Å². The molecule has 0 unspecified atom stereocenters. The Bertz CT molecular complexity index is 655. The maximum Gasteiger partial charge on any atom is 0.573 e. The Morgan fingerprint density at radius 3 is 2.74 bits per heavy atom. The highest BCUT2D eigenvalue weighted by atomic mass is 79.9. The Labute approximate surface area is 113 Å². The fraction of sp³-hybridized carbons (Fsp3) is 0.0909. The summed E-state index contributed by atoms with van der Waals surface area (Å²) in [6, 6.07) is 5.11. The van der Waals surface area contributed by atoms with Crippen molar-refractivity contribution in [1.82, 2.24) is 9.55 Å². The molecular weight excluding hydrogens is 329 g/mol. The minimum Gasteiger partial charge on any atom is -0.406 e. The minimum atomic E-state index is -4.78. The first kappa shape index (κ1) is 13.6. The van der Waals surface area contributed by atoms with E-state index in [1.54, 1.807) is 0 Å². The fourth-order valence-corrected chi connectivity index (χ4v) is 1.73. The predicted molar refractivity (Wildman–Crippen MR) is 64.2 cm³/mol. The molecule has 1 aromatic heterocycles. The van der Waals surface area contributed by atoms with E-state index in [1.807, 2.05) is 0 Å². The molecule has 4 nitrogen and oxygen atoms in total. The van der Waals surface area contributed by atoms with Crippen LogP contribution in [0.1, 0.15) is 0 Å². The zero-order valence-corrected chi connectivity index (χ0v) is 10.8. The van der Waals surface area contributed by atoms with Crippen LogP contribution in [0.4, 0.5) is 13.2 Å². The van der Waals surface area contributed by atoms with Gasteiger partial charge in [-0.1, -0.05) is 6.07 Å². The predicted octanol–water partition coefficient (Wildman–Crippen LogP) is 2.89. The third-order valence-electron chi connectivity index (χ3n) is 2.13. The molecular formula is C11H6BrF3N2O2. The second-order valence-electron chi connectivity index (χ2n) is 3.44. The molecule has 0 saturated heterocycles. The van der Waals surface area contributed by atoms with Crippen LogP contribution in [-0.2, 0) is 0 Å². The monoisotopic (exact) mass is 334 g/mol. The second kappa shape index (κ2) is 5.04. The molecule has 0 spiro atoms. The number of benzene rings is 1. The summed E-state index contributed by atoms with van der Waals surface area (Å²) < 4.78 is 41.3. The summed E-state index contributed by atoms with van der Waals surface area (Å²) >= 11 is 2.95. The van der Waals surface area contributed by atoms with Gasteiger partial charge in [0.1, 0.15) is 5.75 Å². The average Bonchev–Trinajstić information content (AvgIpc) is 2.31. The SMILES string of the molecule is O=c1c(Br)nccn1-c1cccc(OC(F)(F)F)c1. The largest absolute Gasteiger partial charge is 0.573 e. The van der Waals surface area contributed by atoms with Crippen LogP contribution in [0.15, 0.2) is 46.1 Å². The van der Waals surface area contributed by atoms with Crippen LogP contribution in [0.25, 0.3) is 5.69 Å². The zero-order chi connectivity index (χ0) is 14.0. The first-order valence-electron chi connectivity index (χ1n) is 4.96. The highest BCUT2D eigenvalue weighted by molar-refractivity contribution is 9.10. The maximum absolute atomic E-state index is 12.1. The fourth-order valence-electron chi connectivity index (χ4n) is 1.42. The first-order valence-corrected chi connectivity index (χ1v) is 5.75. The molecule has 100 valence electrons. The smallest absolute Gasteiger partial charge is 0.406 e. The average molecular weight is 335 g/mol. The minimum absolute atomic E-state index is 0.0668. The van der Waals surface area contributed by atoms with E-state index in [0.29, 0.717) is 0 Å². The van der Waals surface area contributed by atoms with Gasteiger partial charge in [0.05, 0.1) is 5.69 Å². The molecule has 8 heteroatoms. The summed E-state index contributed by atoms with van der Waals surface area (Å²) in [5, 5.41) is 0. The molecule has 19 heavy (non-hydrogen) atoms. The number of hydrogen-bond acceptors (Lipinski definition) is 3. The summed E-state index contributed by atoms with van der Waals surface area (Å²) in [5.41, 5.74) is -0.235. The van der Waals surface area contributed by atoms with Gasteiger partial charge in [-0.25, -0.2) is 4.98 Å². The molecule has 1 heterocycles. The standard InChI is InChI=1S/C11H6BrF3N2O2/c12-9-10(18)17(5-4-16-9)7-2-1-3-8(6-7)19-11(13,14)15/h1-6H. The lowest BCUT2D eigenvalue weighted by atomic mass is 10.3. The maximum atomic E-state index is 12.1. The Morgan fingerprint density at radius 2 is 2.05 bits per heavy atom. The Morgan fingerprint density at radius 1 is 1.32 bits per heavy atom. The molecule has 1 aromatic carbocycles. The first-order chi connectivity index (χ1) is 8.87. The number of nitrogens with zero attached hydrogens (tertiary/aromatic N) is 2. The number of halogens is 4. The van der Waals surface area contributed by atoms with E-state index in [2.05, 4.69) is 25.7 Å². The summed E-state index contributed by atoms with van der Waals surface area (Å²) in [4.78, 5) is 15.5. The Kier molecular flexibility index (Phi) is 3.61. The second-order valence-corrected chi connectivity index (χ2v) is 4.19. The van der Waals surface area contributed by atoms with Gasteiger partial charge in [-0.3, -0.25) is 9.36 Å². The number of ether oxygens (including phenoxy) is 1. The molecule has 2 rings (SSSR count). The van der Waals surface area contributed by atoms with Gasteiger partial charge >= 0.3 is 6.36 Å². The van der Waals surface area contributed by atoms with Gasteiger partial charge in [0.15, 0.2) is 4.60 Å². The Hall–Kier alpha value is -1.83. The number of aromatic nitrogens is 2. The van der Waals surface area contributed by atoms with Crippen molar-refractivity contribution in [3.05, 3.63) is 51.6 Å². The molecule has 0 atom stereocenters. The van der Waals surface area contributed by atoms with Crippen LogP contribution < -0.4 is 10.3 Å². The van der Waals surface area contributed by atoms with Crippen LogP contribution in [0.3, 0.4) is 0 Å². The molecule has 0 bridgehead atoms. The van der Waals surface area contributed by atoms with Crippen molar-refractivity contribution < 1.29 is 17.9 Å². The van der Waals surface area contributed by atoms with E-state index in [9.17, 15) is 18.0 Å². The quantitative estimate of drug-likeness (QED) is 0.848.